The summed E-state index contributed by atoms with van der Waals surface area (Å²) in [6.07, 6.45) is 10.2. The zero-order valence-electron chi connectivity index (χ0n) is 42.2. The Balaban J connectivity index is 0.773. The average Bonchev–Trinajstić information content (AvgIpc) is 3.97. The number of unbranched alkanes of at least 4 members (excludes halogenated alkanes) is 3. The van der Waals surface area contributed by atoms with E-state index in [4.69, 9.17) is 9.72 Å². The highest BCUT2D eigenvalue weighted by Crippen LogP contribution is 2.35. The number of rotatable bonds is 18. The Hall–Kier alpha value is -7.46. The maximum Gasteiger partial charge on any atom is 0.255 e. The highest BCUT2D eigenvalue weighted by atomic mass is 19.1. The molecule has 17 nitrogen and oxygen atoms in total. The Bertz CT molecular complexity index is 2960. The standard InChI is InChI=1S/C55H63F2N11O6/c1-4-74-42-29-43(51-39(30-58)32-60-68(51)34-42)37-11-16-48(59-31-37)65-21-18-55(19-22-65,62-52(71)45-27-40(56)12-14-46(45)57)35-67(36(2)3)50(70)9-7-5-6-8-20-63-23-25-64(26-24-63)41-13-10-38-33-66(54(73)44(38)28-41)47-15-17-49(69)61-53(47)72/h10-14,16,27-29,31-32,34,36,47H,4-9,15,17-26,33,35H2,1-3H3,(H,62,71)(H,61,69,72). The highest BCUT2D eigenvalue weighted by molar-refractivity contribution is 6.05. The minimum Gasteiger partial charge on any atom is -0.492 e. The number of nitriles is 1. The van der Waals surface area contributed by atoms with Gasteiger partial charge < -0.3 is 29.7 Å². The van der Waals surface area contributed by atoms with Gasteiger partial charge in [-0.3, -0.25) is 34.2 Å². The van der Waals surface area contributed by atoms with Gasteiger partial charge in [-0.25, -0.2) is 18.3 Å². The van der Waals surface area contributed by atoms with Crippen LogP contribution in [-0.4, -0.2) is 135 Å². The molecule has 3 aromatic heterocycles. The molecule has 4 aliphatic rings. The minimum absolute atomic E-state index is 0.0291. The summed E-state index contributed by atoms with van der Waals surface area (Å²) in [5.74, 6) is -1.93. The number of aromatic nitrogens is 3. The van der Waals surface area contributed by atoms with E-state index in [1.807, 2.05) is 57.2 Å². The third kappa shape index (κ3) is 11.2. The predicted octanol–water partition coefficient (Wildman–Crippen LogP) is 6.48. The molecule has 74 heavy (non-hydrogen) atoms. The molecule has 2 aromatic carbocycles. The molecule has 0 saturated carbocycles. The van der Waals surface area contributed by atoms with Crippen LogP contribution in [0.2, 0.25) is 0 Å². The highest BCUT2D eigenvalue weighted by Gasteiger charge is 2.41. The van der Waals surface area contributed by atoms with E-state index in [0.29, 0.717) is 86.6 Å². The van der Waals surface area contributed by atoms with E-state index in [1.54, 1.807) is 26.7 Å². The van der Waals surface area contributed by atoms with Gasteiger partial charge >= 0.3 is 0 Å². The number of amides is 5. The van der Waals surface area contributed by atoms with Crippen molar-refractivity contribution in [3.63, 3.8) is 0 Å². The quantitative estimate of drug-likeness (QED) is 0.0719. The van der Waals surface area contributed by atoms with Gasteiger partial charge in [-0.2, -0.15) is 10.4 Å². The number of piperidine rings is 2. The van der Waals surface area contributed by atoms with Crippen molar-refractivity contribution < 1.29 is 37.5 Å². The van der Waals surface area contributed by atoms with Gasteiger partial charge in [0.15, 0.2) is 0 Å². The van der Waals surface area contributed by atoms with Crippen molar-refractivity contribution in [1.82, 2.24) is 39.9 Å². The third-order valence-electron chi connectivity index (χ3n) is 15.0. The fourth-order valence-electron chi connectivity index (χ4n) is 10.8. The number of fused-ring (bicyclic) bond motifs is 2. The molecule has 19 heteroatoms. The summed E-state index contributed by atoms with van der Waals surface area (Å²) in [6, 6.07) is 15.9. The van der Waals surface area contributed by atoms with E-state index in [1.165, 1.54) is 6.20 Å². The zero-order valence-corrected chi connectivity index (χ0v) is 42.2. The molecule has 1 atom stereocenters. The summed E-state index contributed by atoms with van der Waals surface area (Å²) in [6.45, 7) is 12.0. The SMILES string of the molecule is CCOc1cc(-c2ccc(N3CCC(CN(C(=O)CCCCCCN4CCN(c5ccc6c(c5)C(=O)N(C5CCC(=O)NC5=O)C6)CC4)C(C)C)(NC(=O)c4cc(F)ccc4F)CC3)nc2)c2c(C#N)cnn2c1. The number of halogens is 2. The Morgan fingerprint density at radius 2 is 1.72 bits per heavy atom. The topological polar surface area (TPSA) is 189 Å². The summed E-state index contributed by atoms with van der Waals surface area (Å²) < 4.78 is 36.7. The number of piperazine rings is 1. The summed E-state index contributed by atoms with van der Waals surface area (Å²) in [7, 11) is 0. The lowest BCUT2D eigenvalue weighted by atomic mass is 9.85. The van der Waals surface area contributed by atoms with Crippen LogP contribution in [0.3, 0.4) is 0 Å². The Morgan fingerprint density at radius 1 is 0.932 bits per heavy atom. The fraction of sp³-hybridized carbons (Fsp3) is 0.455. The second kappa shape index (κ2) is 22.3. The van der Waals surface area contributed by atoms with Crippen LogP contribution in [0, 0.1) is 23.0 Å². The maximum atomic E-state index is 15.0. The molecule has 4 aliphatic heterocycles. The lowest BCUT2D eigenvalue weighted by Gasteiger charge is -2.46. The molecule has 388 valence electrons. The van der Waals surface area contributed by atoms with E-state index < -0.39 is 40.6 Å². The second-order valence-electron chi connectivity index (χ2n) is 20.1. The molecule has 0 bridgehead atoms. The summed E-state index contributed by atoms with van der Waals surface area (Å²) in [5.41, 5.74) is 3.72. The molecule has 7 heterocycles. The predicted molar refractivity (Wildman–Crippen MR) is 273 cm³/mol. The van der Waals surface area contributed by atoms with Gasteiger partial charge in [0.25, 0.3) is 11.8 Å². The molecule has 2 N–H and O–H groups in total. The molecule has 9 rings (SSSR count). The summed E-state index contributed by atoms with van der Waals surface area (Å²) in [4.78, 5) is 80.5. The number of carbonyl (C=O) groups excluding carboxylic acids is 5. The van der Waals surface area contributed by atoms with Crippen molar-refractivity contribution in [2.75, 3.05) is 68.8 Å². The number of carbonyl (C=O) groups is 5. The van der Waals surface area contributed by atoms with Crippen molar-refractivity contribution in [3.8, 4) is 22.9 Å². The van der Waals surface area contributed by atoms with E-state index in [0.717, 1.165) is 92.6 Å². The molecular formula is C55H63F2N11O6. The van der Waals surface area contributed by atoms with E-state index >= 15 is 0 Å². The first-order valence-electron chi connectivity index (χ1n) is 25.8. The number of nitrogens with zero attached hydrogens (tertiary/aromatic N) is 9. The first-order valence-corrected chi connectivity index (χ1v) is 25.8. The molecule has 0 spiro atoms. The van der Waals surface area contributed by atoms with E-state index in [2.05, 4.69) is 36.5 Å². The van der Waals surface area contributed by atoms with Crippen molar-refractivity contribution in [2.24, 2.45) is 0 Å². The number of anilines is 2. The molecule has 5 aromatic rings. The number of benzene rings is 2. The molecule has 0 radical (unpaired) electrons. The van der Waals surface area contributed by atoms with Crippen molar-refractivity contribution in [3.05, 3.63) is 107 Å². The van der Waals surface area contributed by atoms with Gasteiger partial charge in [-0.05, 0) is 114 Å². The monoisotopic (exact) mass is 1010 g/mol. The maximum absolute atomic E-state index is 15.0. The van der Waals surface area contributed by atoms with Crippen LogP contribution in [0.15, 0.2) is 73.2 Å². The number of hydrogen-bond acceptors (Lipinski definition) is 12. The molecule has 5 amide bonds. The smallest absolute Gasteiger partial charge is 0.255 e. The first kappa shape index (κ1) is 51.4. The van der Waals surface area contributed by atoms with Crippen molar-refractivity contribution in [2.45, 2.75) is 103 Å². The van der Waals surface area contributed by atoms with Crippen molar-refractivity contribution in [1.29, 1.82) is 5.26 Å². The third-order valence-corrected chi connectivity index (χ3v) is 15.0. The molecule has 3 saturated heterocycles. The molecule has 3 fully saturated rings. The van der Waals surface area contributed by atoms with Crippen LogP contribution in [-0.2, 0) is 20.9 Å². The fourth-order valence-corrected chi connectivity index (χ4v) is 10.8. The van der Waals surface area contributed by atoms with Crippen LogP contribution >= 0.6 is 0 Å². The lowest BCUT2D eigenvalue weighted by Crippen LogP contribution is -2.62. The van der Waals surface area contributed by atoms with Gasteiger partial charge in [0.05, 0.1) is 41.2 Å². The lowest BCUT2D eigenvalue weighted by molar-refractivity contribution is -0.137. The van der Waals surface area contributed by atoms with E-state index in [9.17, 15) is 38.0 Å². The largest absolute Gasteiger partial charge is 0.492 e. The normalized spacial score (nSPS) is 17.9. The Labute approximate surface area is 429 Å². The van der Waals surface area contributed by atoms with E-state index in [-0.39, 0.29) is 36.7 Å². The van der Waals surface area contributed by atoms with Crippen LogP contribution < -0.4 is 25.2 Å². The van der Waals surface area contributed by atoms with Crippen molar-refractivity contribution >= 4 is 46.6 Å². The van der Waals surface area contributed by atoms with Gasteiger partial charge in [0, 0.05) is 99.8 Å². The van der Waals surface area contributed by atoms with Crippen LogP contribution in [0.1, 0.15) is 110 Å². The van der Waals surface area contributed by atoms with Crippen LogP contribution in [0.5, 0.6) is 5.75 Å². The first-order chi connectivity index (χ1) is 35.7. The number of imide groups is 1. The number of pyridine rings is 2. The Kier molecular flexibility index (Phi) is 15.5. The number of nitrogens with one attached hydrogen (secondary N) is 2. The van der Waals surface area contributed by atoms with Gasteiger partial charge in [-0.1, -0.05) is 18.9 Å². The molecular weight excluding hydrogens is 949 g/mol. The Morgan fingerprint density at radius 3 is 2.43 bits per heavy atom. The number of hydrogen-bond donors (Lipinski definition) is 2. The van der Waals surface area contributed by atoms with Gasteiger partial charge in [0.1, 0.15) is 35.3 Å². The zero-order chi connectivity index (χ0) is 52.1. The summed E-state index contributed by atoms with van der Waals surface area (Å²) in [5, 5.41) is 19.6. The van der Waals surface area contributed by atoms with Gasteiger partial charge in [0.2, 0.25) is 17.7 Å². The average molecular weight is 1010 g/mol. The molecule has 0 aliphatic carbocycles. The second-order valence-corrected chi connectivity index (χ2v) is 20.1. The summed E-state index contributed by atoms with van der Waals surface area (Å²) >= 11 is 0. The van der Waals surface area contributed by atoms with Crippen LogP contribution in [0.25, 0.3) is 16.6 Å². The molecule has 1 unspecified atom stereocenters. The van der Waals surface area contributed by atoms with Crippen LogP contribution in [0.4, 0.5) is 20.3 Å². The van der Waals surface area contributed by atoms with Gasteiger partial charge in [-0.15, -0.1) is 0 Å². The minimum atomic E-state index is -0.950. The number of ether oxygens (including phenoxy) is 1.